The average Bonchev–Trinajstić information content (AvgIpc) is 3.22. The van der Waals surface area contributed by atoms with Crippen LogP contribution >= 0.6 is 11.3 Å². The van der Waals surface area contributed by atoms with Gasteiger partial charge in [-0.15, -0.1) is 10.2 Å². The maximum Gasteiger partial charge on any atom is 0.235 e. The van der Waals surface area contributed by atoms with Crippen molar-refractivity contribution in [1.82, 2.24) is 19.8 Å². The Morgan fingerprint density at radius 2 is 1.70 bits per heavy atom. The largest absolute Gasteiger partial charge is 0.494 e. The van der Waals surface area contributed by atoms with Crippen LogP contribution in [0.2, 0.25) is 0 Å². The van der Waals surface area contributed by atoms with Crippen molar-refractivity contribution in [1.29, 1.82) is 0 Å². The molecule has 0 atom stereocenters. The minimum Gasteiger partial charge on any atom is -0.494 e. The second kappa shape index (κ2) is 5.77. The molecule has 0 amide bonds. The van der Waals surface area contributed by atoms with Crippen molar-refractivity contribution in [2.75, 3.05) is 6.61 Å². The van der Waals surface area contributed by atoms with Gasteiger partial charge in [0.05, 0.1) is 6.61 Å². The summed E-state index contributed by atoms with van der Waals surface area (Å²) in [5, 5.41) is 15.1. The van der Waals surface area contributed by atoms with E-state index in [1.54, 1.807) is 11.3 Å². The standard InChI is InChI=1S/C21H24N4OS/c1-2-26-17-5-3-16(4-6-17)18-24-25-19(22-23-20(25)27-18)21-10-13-7-14(11-21)9-15(8-13)12-21/h3-6,13-15H,2,7-12H2,1H3. The normalized spacial score (nSPS) is 31.7. The molecule has 0 radical (unpaired) electrons. The Balaban J connectivity index is 1.38. The molecule has 4 fully saturated rings. The Labute approximate surface area is 162 Å². The third-order valence-corrected chi connectivity index (χ3v) is 7.86. The fourth-order valence-corrected chi connectivity index (χ4v) is 7.15. The Kier molecular flexibility index (Phi) is 3.43. The van der Waals surface area contributed by atoms with Gasteiger partial charge in [0.15, 0.2) is 5.82 Å². The van der Waals surface area contributed by atoms with Gasteiger partial charge in [0.2, 0.25) is 4.96 Å². The SMILES string of the molecule is CCOc1ccc(-c2nn3c(C45CC6CC(CC(C6)C4)C5)nnc3s2)cc1. The van der Waals surface area contributed by atoms with Gasteiger partial charge in [-0.1, -0.05) is 11.3 Å². The first-order valence-corrected chi connectivity index (χ1v) is 11.0. The summed E-state index contributed by atoms with van der Waals surface area (Å²) in [6.07, 6.45) is 8.18. The lowest BCUT2D eigenvalue weighted by Gasteiger charge is -2.55. The first kappa shape index (κ1) is 16.0. The van der Waals surface area contributed by atoms with E-state index >= 15 is 0 Å². The van der Waals surface area contributed by atoms with Gasteiger partial charge in [0.25, 0.3) is 0 Å². The molecule has 4 aliphatic carbocycles. The Hall–Kier alpha value is -1.95. The van der Waals surface area contributed by atoms with Gasteiger partial charge in [-0.2, -0.15) is 9.61 Å². The Morgan fingerprint density at radius 1 is 1.04 bits per heavy atom. The van der Waals surface area contributed by atoms with Crippen LogP contribution in [0.1, 0.15) is 51.3 Å². The molecule has 1 aromatic carbocycles. The predicted molar refractivity (Wildman–Crippen MR) is 105 cm³/mol. The molecule has 4 aliphatic rings. The summed E-state index contributed by atoms with van der Waals surface area (Å²) in [5.41, 5.74) is 1.34. The van der Waals surface area contributed by atoms with Crippen molar-refractivity contribution in [3.05, 3.63) is 30.1 Å². The highest BCUT2D eigenvalue weighted by molar-refractivity contribution is 7.19. The zero-order valence-electron chi connectivity index (χ0n) is 15.6. The van der Waals surface area contributed by atoms with Crippen molar-refractivity contribution < 1.29 is 4.74 Å². The van der Waals surface area contributed by atoms with Crippen LogP contribution in [-0.4, -0.2) is 26.4 Å². The van der Waals surface area contributed by atoms with Gasteiger partial charge in [-0.25, -0.2) is 0 Å². The van der Waals surface area contributed by atoms with E-state index < -0.39 is 0 Å². The monoisotopic (exact) mass is 380 g/mol. The fourth-order valence-electron chi connectivity index (χ4n) is 6.31. The molecule has 27 heavy (non-hydrogen) atoms. The smallest absolute Gasteiger partial charge is 0.235 e. The average molecular weight is 381 g/mol. The van der Waals surface area contributed by atoms with Gasteiger partial charge >= 0.3 is 0 Å². The number of ether oxygens (including phenoxy) is 1. The van der Waals surface area contributed by atoms with Crippen LogP contribution in [0.4, 0.5) is 0 Å². The summed E-state index contributed by atoms with van der Waals surface area (Å²) in [6.45, 7) is 2.69. The maximum atomic E-state index is 5.55. The van der Waals surface area contributed by atoms with Gasteiger partial charge in [-0.3, -0.25) is 0 Å². The van der Waals surface area contributed by atoms with Crippen molar-refractivity contribution in [3.63, 3.8) is 0 Å². The minimum atomic E-state index is 0.221. The number of aromatic nitrogens is 4. The van der Waals surface area contributed by atoms with Crippen molar-refractivity contribution in [2.24, 2.45) is 17.8 Å². The molecule has 2 aromatic heterocycles. The molecule has 4 bridgehead atoms. The van der Waals surface area contributed by atoms with Crippen LogP contribution in [0.25, 0.3) is 15.5 Å². The first-order chi connectivity index (χ1) is 13.2. The summed E-state index contributed by atoms with van der Waals surface area (Å²) in [5.74, 6) is 4.72. The molecule has 3 aromatic rings. The minimum absolute atomic E-state index is 0.221. The van der Waals surface area contributed by atoms with E-state index in [1.165, 1.54) is 38.5 Å². The van der Waals surface area contributed by atoms with Gasteiger partial charge in [0, 0.05) is 11.0 Å². The molecule has 4 saturated carbocycles. The first-order valence-electron chi connectivity index (χ1n) is 10.2. The van der Waals surface area contributed by atoms with E-state index in [9.17, 15) is 0 Å². The Morgan fingerprint density at radius 3 is 2.33 bits per heavy atom. The van der Waals surface area contributed by atoms with E-state index in [0.29, 0.717) is 6.61 Å². The maximum absolute atomic E-state index is 5.55. The molecule has 2 heterocycles. The molecule has 0 N–H and O–H groups in total. The van der Waals surface area contributed by atoms with Crippen molar-refractivity contribution >= 4 is 16.3 Å². The lowest BCUT2D eigenvalue weighted by Crippen LogP contribution is -2.49. The zero-order valence-corrected chi connectivity index (χ0v) is 16.4. The second-order valence-electron chi connectivity index (χ2n) is 8.78. The van der Waals surface area contributed by atoms with Crippen LogP contribution in [0.15, 0.2) is 24.3 Å². The highest BCUT2D eigenvalue weighted by atomic mass is 32.1. The highest BCUT2D eigenvalue weighted by Crippen LogP contribution is 2.60. The molecule has 5 nitrogen and oxygen atoms in total. The lowest BCUT2D eigenvalue weighted by molar-refractivity contribution is -0.0103. The summed E-state index contributed by atoms with van der Waals surface area (Å²) in [4.78, 5) is 0.921. The molecule has 6 heteroatoms. The molecule has 0 saturated heterocycles. The highest BCUT2D eigenvalue weighted by Gasteiger charge is 2.54. The summed E-state index contributed by atoms with van der Waals surface area (Å²) < 4.78 is 7.61. The molecule has 0 unspecified atom stereocenters. The second-order valence-corrected chi connectivity index (χ2v) is 9.74. The van der Waals surface area contributed by atoms with E-state index in [-0.39, 0.29) is 5.41 Å². The van der Waals surface area contributed by atoms with Crippen LogP contribution in [0.5, 0.6) is 5.75 Å². The zero-order chi connectivity index (χ0) is 18.0. The number of benzene rings is 1. The van der Waals surface area contributed by atoms with Crippen LogP contribution < -0.4 is 4.74 Å². The molecule has 0 aliphatic heterocycles. The van der Waals surface area contributed by atoms with Gasteiger partial charge in [-0.05, 0) is 87.5 Å². The van der Waals surface area contributed by atoms with E-state index in [0.717, 1.165) is 44.9 Å². The van der Waals surface area contributed by atoms with Gasteiger partial charge in [0.1, 0.15) is 10.8 Å². The van der Waals surface area contributed by atoms with Crippen LogP contribution in [0.3, 0.4) is 0 Å². The summed E-state index contributed by atoms with van der Waals surface area (Å²) in [7, 11) is 0. The fraction of sp³-hybridized carbons (Fsp3) is 0.571. The number of hydrogen-bond acceptors (Lipinski definition) is 5. The summed E-state index contributed by atoms with van der Waals surface area (Å²) in [6, 6.07) is 8.20. The van der Waals surface area contributed by atoms with E-state index in [1.807, 2.05) is 19.1 Å². The van der Waals surface area contributed by atoms with Crippen molar-refractivity contribution in [3.8, 4) is 16.3 Å². The molecule has 0 spiro atoms. The number of fused-ring (bicyclic) bond motifs is 1. The Bertz CT molecular complexity index is 954. The topological polar surface area (TPSA) is 52.3 Å². The van der Waals surface area contributed by atoms with E-state index in [2.05, 4.69) is 26.8 Å². The molecular formula is C21H24N4OS. The third kappa shape index (κ3) is 2.45. The van der Waals surface area contributed by atoms with Crippen LogP contribution in [-0.2, 0) is 5.41 Å². The van der Waals surface area contributed by atoms with E-state index in [4.69, 9.17) is 9.84 Å². The van der Waals surface area contributed by atoms with Gasteiger partial charge < -0.3 is 4.74 Å². The molecular weight excluding hydrogens is 356 g/mol. The summed E-state index contributed by atoms with van der Waals surface area (Å²) >= 11 is 1.63. The van der Waals surface area contributed by atoms with Crippen molar-refractivity contribution in [2.45, 2.75) is 50.9 Å². The molecule has 140 valence electrons. The number of nitrogens with zero attached hydrogens (tertiary/aromatic N) is 4. The van der Waals surface area contributed by atoms with Crippen LogP contribution in [0, 0.1) is 17.8 Å². The lowest BCUT2D eigenvalue weighted by atomic mass is 9.49. The quantitative estimate of drug-likeness (QED) is 0.657. The predicted octanol–water partition coefficient (Wildman–Crippen LogP) is 4.72. The number of rotatable bonds is 4. The molecule has 7 rings (SSSR count). The number of hydrogen-bond donors (Lipinski definition) is 0. The third-order valence-electron chi connectivity index (χ3n) is 6.92.